The average Bonchev–Trinajstić information content (AvgIpc) is 2.99. The normalized spacial score (nSPS) is 14.9. The molecule has 0 N–H and O–H groups in total. The maximum atomic E-state index is 11.3. The molecule has 4 nitrogen and oxygen atoms in total. The van der Waals surface area contributed by atoms with E-state index < -0.39 is 0 Å². The smallest absolute Gasteiger partial charge is 0.153 e. The first-order chi connectivity index (χ1) is 9.33. The summed E-state index contributed by atoms with van der Waals surface area (Å²) < 4.78 is 5.35. The lowest BCUT2D eigenvalue weighted by Crippen LogP contribution is -2.20. The third kappa shape index (κ3) is 2.03. The Morgan fingerprint density at radius 3 is 2.79 bits per heavy atom. The number of anilines is 1. The number of aromatic nitrogens is 1. The first-order valence-corrected chi connectivity index (χ1v) is 6.51. The van der Waals surface area contributed by atoms with Gasteiger partial charge in [-0.3, -0.25) is 4.79 Å². The molecule has 0 aliphatic carbocycles. The van der Waals surface area contributed by atoms with Crippen LogP contribution in [0.3, 0.4) is 0 Å². The average molecular weight is 256 g/mol. The maximum Gasteiger partial charge on any atom is 0.153 e. The Balaban J connectivity index is 2.21. The van der Waals surface area contributed by atoms with Crippen molar-refractivity contribution < 1.29 is 9.53 Å². The topological polar surface area (TPSA) is 42.4 Å². The van der Waals surface area contributed by atoms with E-state index in [0.29, 0.717) is 5.56 Å². The first kappa shape index (κ1) is 12.0. The number of hydrogen-bond donors (Lipinski definition) is 0. The van der Waals surface area contributed by atoms with E-state index in [1.165, 1.54) is 0 Å². The molecule has 1 aliphatic heterocycles. The lowest BCUT2D eigenvalue weighted by atomic mass is 10.1. The molecule has 0 bridgehead atoms. The quantitative estimate of drug-likeness (QED) is 0.792. The minimum absolute atomic E-state index is 0.655. The Bertz CT molecular complexity index is 619. The standard InChI is InChI=1S/C15H16N2O2/c1-19-13-6-4-5-11-9-12(10-18)15(16-14(11)13)17-7-2-3-8-17/h4-6,9-10H,2-3,7-8H2,1H3. The van der Waals surface area contributed by atoms with Crippen LogP contribution in [0.5, 0.6) is 5.75 Å². The number of carbonyl (C=O) groups excluding carboxylic acids is 1. The summed E-state index contributed by atoms with van der Waals surface area (Å²) in [7, 11) is 1.64. The van der Waals surface area contributed by atoms with Gasteiger partial charge >= 0.3 is 0 Å². The van der Waals surface area contributed by atoms with Crippen molar-refractivity contribution in [3.05, 3.63) is 29.8 Å². The van der Waals surface area contributed by atoms with Crippen LogP contribution in [0.1, 0.15) is 23.2 Å². The van der Waals surface area contributed by atoms with E-state index in [-0.39, 0.29) is 0 Å². The first-order valence-electron chi connectivity index (χ1n) is 6.51. The highest BCUT2D eigenvalue weighted by Gasteiger charge is 2.18. The molecule has 0 amide bonds. The molecular formula is C15H16N2O2. The number of methoxy groups -OCH3 is 1. The molecule has 0 unspecified atom stereocenters. The second-order valence-corrected chi connectivity index (χ2v) is 4.75. The molecule has 2 aromatic rings. The molecule has 0 atom stereocenters. The van der Waals surface area contributed by atoms with Crippen LogP contribution in [-0.4, -0.2) is 31.5 Å². The summed E-state index contributed by atoms with van der Waals surface area (Å²) in [6, 6.07) is 7.65. The van der Waals surface area contributed by atoms with E-state index in [4.69, 9.17) is 4.74 Å². The number of aldehydes is 1. The Labute approximate surface area is 112 Å². The largest absolute Gasteiger partial charge is 0.494 e. The number of carbonyl (C=O) groups is 1. The zero-order valence-electron chi connectivity index (χ0n) is 10.9. The molecule has 2 heterocycles. The van der Waals surface area contributed by atoms with Gasteiger partial charge in [-0.25, -0.2) is 4.98 Å². The van der Waals surface area contributed by atoms with Gasteiger partial charge in [0.2, 0.25) is 0 Å². The lowest BCUT2D eigenvalue weighted by molar-refractivity contribution is 0.112. The van der Waals surface area contributed by atoms with Crippen LogP contribution in [0, 0.1) is 0 Å². The fraction of sp³-hybridized carbons (Fsp3) is 0.333. The summed E-state index contributed by atoms with van der Waals surface area (Å²) in [4.78, 5) is 18.1. The van der Waals surface area contributed by atoms with Crippen LogP contribution < -0.4 is 9.64 Å². The van der Waals surface area contributed by atoms with Crippen molar-refractivity contribution in [2.75, 3.05) is 25.1 Å². The van der Waals surface area contributed by atoms with Crippen molar-refractivity contribution in [2.45, 2.75) is 12.8 Å². The molecule has 1 aromatic heterocycles. The van der Waals surface area contributed by atoms with E-state index >= 15 is 0 Å². The van der Waals surface area contributed by atoms with Gasteiger partial charge in [-0.2, -0.15) is 0 Å². The van der Waals surface area contributed by atoms with Crippen LogP contribution in [0.25, 0.3) is 10.9 Å². The zero-order valence-corrected chi connectivity index (χ0v) is 10.9. The minimum Gasteiger partial charge on any atom is -0.494 e. The van der Waals surface area contributed by atoms with Gasteiger partial charge in [0, 0.05) is 18.5 Å². The number of fused-ring (bicyclic) bond motifs is 1. The van der Waals surface area contributed by atoms with Crippen molar-refractivity contribution in [3.8, 4) is 5.75 Å². The van der Waals surface area contributed by atoms with Gasteiger partial charge in [-0.15, -0.1) is 0 Å². The molecule has 1 aliphatic rings. The fourth-order valence-electron chi connectivity index (χ4n) is 2.61. The molecule has 0 saturated carbocycles. The fourth-order valence-corrected chi connectivity index (χ4v) is 2.61. The van der Waals surface area contributed by atoms with Gasteiger partial charge < -0.3 is 9.64 Å². The Kier molecular flexibility index (Phi) is 3.07. The van der Waals surface area contributed by atoms with E-state index in [1.54, 1.807) is 7.11 Å². The molecule has 3 rings (SSSR count). The third-order valence-corrected chi connectivity index (χ3v) is 3.57. The molecule has 98 valence electrons. The predicted molar refractivity (Wildman–Crippen MR) is 75.1 cm³/mol. The van der Waals surface area contributed by atoms with Crippen molar-refractivity contribution in [1.82, 2.24) is 4.98 Å². The van der Waals surface area contributed by atoms with Gasteiger partial charge in [0.05, 0.1) is 12.7 Å². The van der Waals surface area contributed by atoms with Crippen LogP contribution in [0.2, 0.25) is 0 Å². The summed E-state index contributed by atoms with van der Waals surface area (Å²) in [5, 5.41) is 0.935. The van der Waals surface area contributed by atoms with Gasteiger partial charge in [0.1, 0.15) is 17.1 Å². The molecule has 1 fully saturated rings. The monoisotopic (exact) mass is 256 g/mol. The van der Waals surface area contributed by atoms with E-state index in [2.05, 4.69) is 9.88 Å². The highest BCUT2D eigenvalue weighted by molar-refractivity contribution is 5.94. The molecular weight excluding hydrogens is 240 g/mol. The minimum atomic E-state index is 0.655. The lowest BCUT2D eigenvalue weighted by Gasteiger charge is -2.19. The molecule has 0 spiro atoms. The number of nitrogens with zero attached hydrogens (tertiary/aromatic N) is 2. The summed E-state index contributed by atoms with van der Waals surface area (Å²) in [5.74, 6) is 1.53. The van der Waals surface area contributed by atoms with Crippen LogP contribution >= 0.6 is 0 Å². The van der Waals surface area contributed by atoms with Gasteiger partial charge in [0.25, 0.3) is 0 Å². The maximum absolute atomic E-state index is 11.3. The summed E-state index contributed by atoms with van der Waals surface area (Å²) in [6.45, 7) is 1.93. The second kappa shape index (κ2) is 4.88. The van der Waals surface area contributed by atoms with Crippen molar-refractivity contribution >= 4 is 23.0 Å². The highest BCUT2D eigenvalue weighted by atomic mass is 16.5. The zero-order chi connectivity index (χ0) is 13.2. The third-order valence-electron chi connectivity index (χ3n) is 3.57. The second-order valence-electron chi connectivity index (χ2n) is 4.75. The van der Waals surface area contributed by atoms with E-state index in [9.17, 15) is 4.79 Å². The molecule has 19 heavy (non-hydrogen) atoms. The Hall–Kier alpha value is -2.10. The SMILES string of the molecule is COc1cccc2cc(C=O)c(N3CCCC3)nc12. The number of hydrogen-bond acceptors (Lipinski definition) is 4. The number of ether oxygens (including phenoxy) is 1. The molecule has 0 radical (unpaired) electrons. The summed E-state index contributed by atoms with van der Waals surface area (Å²) in [6.07, 6.45) is 3.20. The van der Waals surface area contributed by atoms with Crippen LogP contribution in [-0.2, 0) is 0 Å². The highest BCUT2D eigenvalue weighted by Crippen LogP contribution is 2.30. The molecule has 4 heteroatoms. The number of para-hydroxylation sites is 1. The van der Waals surface area contributed by atoms with E-state index in [1.807, 2.05) is 24.3 Å². The molecule has 1 aromatic carbocycles. The van der Waals surface area contributed by atoms with Crippen molar-refractivity contribution in [1.29, 1.82) is 0 Å². The predicted octanol–water partition coefficient (Wildman–Crippen LogP) is 2.66. The summed E-state index contributed by atoms with van der Waals surface area (Å²) in [5.41, 5.74) is 1.47. The Morgan fingerprint density at radius 1 is 1.32 bits per heavy atom. The molecule has 1 saturated heterocycles. The van der Waals surface area contributed by atoms with Crippen LogP contribution in [0.4, 0.5) is 5.82 Å². The summed E-state index contributed by atoms with van der Waals surface area (Å²) >= 11 is 0. The van der Waals surface area contributed by atoms with Gasteiger partial charge in [0.15, 0.2) is 6.29 Å². The van der Waals surface area contributed by atoms with Crippen molar-refractivity contribution in [3.63, 3.8) is 0 Å². The number of rotatable bonds is 3. The number of benzene rings is 1. The van der Waals surface area contributed by atoms with E-state index in [0.717, 1.165) is 54.7 Å². The van der Waals surface area contributed by atoms with Gasteiger partial charge in [-0.05, 0) is 25.0 Å². The Morgan fingerprint density at radius 2 is 2.11 bits per heavy atom. The van der Waals surface area contributed by atoms with Crippen molar-refractivity contribution in [2.24, 2.45) is 0 Å². The number of pyridine rings is 1. The van der Waals surface area contributed by atoms with Crippen LogP contribution in [0.15, 0.2) is 24.3 Å². The van der Waals surface area contributed by atoms with Gasteiger partial charge in [-0.1, -0.05) is 12.1 Å².